The number of ether oxygens (including phenoxy) is 2. The van der Waals surface area contributed by atoms with Gasteiger partial charge in [-0.25, -0.2) is 0 Å². The van der Waals surface area contributed by atoms with E-state index in [0.717, 1.165) is 16.5 Å². The standard InChI is InChI=1S/C22H18N2O2/c23-16-5-9-18(10-6-16)25-20-13-15-3-1-2-4-21(15)22(14-20)26-19-11-7-17(24)8-12-19/h1-14H,23-24H2. The number of nitrogens with two attached hydrogens (primary N) is 2. The summed E-state index contributed by atoms with van der Waals surface area (Å²) < 4.78 is 12.1. The predicted molar refractivity (Wildman–Crippen MR) is 106 cm³/mol. The molecule has 0 aliphatic carbocycles. The molecule has 0 aliphatic heterocycles. The van der Waals surface area contributed by atoms with Crippen molar-refractivity contribution in [3.05, 3.63) is 84.9 Å². The lowest BCUT2D eigenvalue weighted by molar-refractivity contribution is 0.464. The molecule has 0 unspecified atom stereocenters. The van der Waals surface area contributed by atoms with E-state index < -0.39 is 0 Å². The summed E-state index contributed by atoms with van der Waals surface area (Å²) >= 11 is 0. The van der Waals surface area contributed by atoms with Crippen LogP contribution < -0.4 is 20.9 Å². The van der Waals surface area contributed by atoms with Gasteiger partial charge >= 0.3 is 0 Å². The monoisotopic (exact) mass is 342 g/mol. The summed E-state index contributed by atoms with van der Waals surface area (Å²) in [5.41, 5.74) is 12.9. The molecule has 0 saturated heterocycles. The zero-order chi connectivity index (χ0) is 17.9. The van der Waals surface area contributed by atoms with Gasteiger partial charge in [-0.1, -0.05) is 24.3 Å². The van der Waals surface area contributed by atoms with Gasteiger partial charge in [0.1, 0.15) is 23.0 Å². The molecule has 0 spiro atoms. The number of hydrogen-bond acceptors (Lipinski definition) is 4. The largest absolute Gasteiger partial charge is 0.457 e. The van der Waals surface area contributed by atoms with E-state index in [1.165, 1.54) is 0 Å². The van der Waals surface area contributed by atoms with E-state index in [1.54, 1.807) is 0 Å². The Morgan fingerprint density at radius 2 is 1.12 bits per heavy atom. The molecule has 0 aliphatic rings. The number of nitrogen functional groups attached to an aromatic ring is 2. The molecule has 0 amide bonds. The summed E-state index contributed by atoms with van der Waals surface area (Å²) in [6.45, 7) is 0. The second kappa shape index (κ2) is 6.69. The van der Waals surface area contributed by atoms with Crippen molar-refractivity contribution in [3.8, 4) is 23.0 Å². The highest BCUT2D eigenvalue weighted by Crippen LogP contribution is 2.36. The van der Waals surface area contributed by atoms with Crippen LogP contribution in [0.4, 0.5) is 11.4 Å². The average molecular weight is 342 g/mol. The zero-order valence-corrected chi connectivity index (χ0v) is 14.1. The number of anilines is 2. The van der Waals surface area contributed by atoms with E-state index in [1.807, 2.05) is 84.9 Å². The molecule has 0 saturated carbocycles. The van der Waals surface area contributed by atoms with Crippen LogP contribution in [-0.4, -0.2) is 0 Å². The highest BCUT2D eigenvalue weighted by molar-refractivity contribution is 5.90. The topological polar surface area (TPSA) is 70.5 Å². The predicted octanol–water partition coefficient (Wildman–Crippen LogP) is 5.59. The summed E-state index contributed by atoms with van der Waals surface area (Å²) in [7, 11) is 0. The van der Waals surface area contributed by atoms with Crippen molar-refractivity contribution < 1.29 is 9.47 Å². The van der Waals surface area contributed by atoms with Crippen LogP contribution in [-0.2, 0) is 0 Å². The fourth-order valence-electron chi connectivity index (χ4n) is 2.73. The number of fused-ring (bicyclic) bond motifs is 1. The van der Waals surface area contributed by atoms with E-state index in [-0.39, 0.29) is 0 Å². The molecule has 4 aromatic rings. The van der Waals surface area contributed by atoms with Crippen LogP contribution in [0.25, 0.3) is 10.8 Å². The molecule has 4 rings (SSSR count). The molecule has 0 heterocycles. The van der Waals surface area contributed by atoms with Gasteiger partial charge in [-0.3, -0.25) is 0 Å². The van der Waals surface area contributed by atoms with Gasteiger partial charge < -0.3 is 20.9 Å². The van der Waals surface area contributed by atoms with Crippen LogP contribution >= 0.6 is 0 Å². The molecule has 0 aromatic heterocycles. The minimum absolute atomic E-state index is 0.693. The van der Waals surface area contributed by atoms with E-state index >= 15 is 0 Å². The Morgan fingerprint density at radius 3 is 1.77 bits per heavy atom. The van der Waals surface area contributed by atoms with Crippen molar-refractivity contribution in [2.45, 2.75) is 0 Å². The molecule has 4 aromatic carbocycles. The molecule has 0 fully saturated rings. The van der Waals surface area contributed by atoms with E-state index in [4.69, 9.17) is 20.9 Å². The summed E-state index contributed by atoms with van der Waals surface area (Å²) in [6, 6.07) is 26.5. The molecule has 26 heavy (non-hydrogen) atoms. The molecule has 0 radical (unpaired) electrons. The van der Waals surface area contributed by atoms with Gasteiger partial charge in [0, 0.05) is 22.8 Å². The van der Waals surface area contributed by atoms with Crippen molar-refractivity contribution in [1.29, 1.82) is 0 Å². The normalized spacial score (nSPS) is 10.6. The molecular weight excluding hydrogens is 324 g/mol. The second-order valence-electron chi connectivity index (χ2n) is 5.98. The fraction of sp³-hybridized carbons (Fsp3) is 0. The first-order valence-electron chi connectivity index (χ1n) is 8.27. The maximum Gasteiger partial charge on any atom is 0.138 e. The third-order valence-corrected chi connectivity index (χ3v) is 4.02. The third-order valence-electron chi connectivity index (χ3n) is 4.02. The third kappa shape index (κ3) is 3.39. The van der Waals surface area contributed by atoms with Gasteiger partial charge in [0.25, 0.3) is 0 Å². The van der Waals surface area contributed by atoms with Gasteiger partial charge in [0.2, 0.25) is 0 Å². The summed E-state index contributed by atoms with van der Waals surface area (Å²) in [4.78, 5) is 0. The average Bonchev–Trinajstić information content (AvgIpc) is 2.65. The molecule has 4 heteroatoms. The number of rotatable bonds is 4. The van der Waals surface area contributed by atoms with Crippen LogP contribution in [0.1, 0.15) is 0 Å². The Hall–Kier alpha value is -3.66. The first-order valence-corrected chi connectivity index (χ1v) is 8.27. The minimum atomic E-state index is 0.693. The summed E-state index contributed by atoms with van der Waals surface area (Å²) in [5.74, 6) is 2.85. The Balaban J connectivity index is 1.72. The second-order valence-corrected chi connectivity index (χ2v) is 5.98. The van der Waals surface area contributed by atoms with Crippen molar-refractivity contribution >= 4 is 22.1 Å². The Morgan fingerprint density at radius 1 is 0.538 bits per heavy atom. The molecule has 0 bridgehead atoms. The minimum Gasteiger partial charge on any atom is -0.457 e. The Kier molecular flexibility index (Phi) is 4.07. The summed E-state index contributed by atoms with van der Waals surface area (Å²) in [6.07, 6.45) is 0. The van der Waals surface area contributed by atoms with Crippen molar-refractivity contribution in [1.82, 2.24) is 0 Å². The molecular formula is C22H18N2O2. The number of benzene rings is 4. The van der Waals surface area contributed by atoms with Crippen LogP contribution in [0.2, 0.25) is 0 Å². The van der Waals surface area contributed by atoms with Gasteiger partial charge in [0.05, 0.1) is 0 Å². The highest BCUT2D eigenvalue weighted by Gasteiger charge is 2.08. The van der Waals surface area contributed by atoms with Gasteiger partial charge in [0.15, 0.2) is 0 Å². The fourth-order valence-corrected chi connectivity index (χ4v) is 2.73. The van der Waals surface area contributed by atoms with Crippen LogP contribution in [0.15, 0.2) is 84.9 Å². The Bertz CT molecular complexity index is 1040. The van der Waals surface area contributed by atoms with Crippen molar-refractivity contribution in [2.24, 2.45) is 0 Å². The first-order chi connectivity index (χ1) is 12.7. The SMILES string of the molecule is Nc1ccc(Oc2cc(Oc3ccc(N)cc3)c3ccccc3c2)cc1. The lowest BCUT2D eigenvalue weighted by atomic mass is 10.1. The molecule has 4 N–H and O–H groups in total. The Labute approximate surface area is 151 Å². The zero-order valence-electron chi connectivity index (χ0n) is 14.1. The van der Waals surface area contributed by atoms with Crippen LogP contribution in [0.5, 0.6) is 23.0 Å². The van der Waals surface area contributed by atoms with Crippen molar-refractivity contribution in [3.63, 3.8) is 0 Å². The van der Waals surface area contributed by atoms with Gasteiger partial charge in [-0.2, -0.15) is 0 Å². The molecule has 4 nitrogen and oxygen atoms in total. The highest BCUT2D eigenvalue weighted by atomic mass is 16.5. The molecule has 128 valence electrons. The lowest BCUT2D eigenvalue weighted by Gasteiger charge is -2.13. The van der Waals surface area contributed by atoms with E-state index in [0.29, 0.717) is 28.6 Å². The van der Waals surface area contributed by atoms with Crippen molar-refractivity contribution in [2.75, 3.05) is 11.5 Å². The maximum absolute atomic E-state index is 6.09. The summed E-state index contributed by atoms with van der Waals surface area (Å²) in [5, 5.41) is 2.04. The number of hydrogen-bond donors (Lipinski definition) is 2. The smallest absolute Gasteiger partial charge is 0.138 e. The quantitative estimate of drug-likeness (QED) is 0.474. The lowest BCUT2D eigenvalue weighted by Crippen LogP contribution is -1.91. The first kappa shape index (κ1) is 15.8. The molecule has 0 atom stereocenters. The van der Waals surface area contributed by atoms with E-state index in [2.05, 4.69) is 0 Å². The van der Waals surface area contributed by atoms with Crippen LogP contribution in [0, 0.1) is 0 Å². The maximum atomic E-state index is 6.09. The van der Waals surface area contributed by atoms with Crippen LogP contribution in [0.3, 0.4) is 0 Å². The van der Waals surface area contributed by atoms with E-state index in [9.17, 15) is 0 Å². The van der Waals surface area contributed by atoms with Gasteiger partial charge in [-0.15, -0.1) is 0 Å². The van der Waals surface area contributed by atoms with Gasteiger partial charge in [-0.05, 0) is 60.0 Å².